The Balaban J connectivity index is 1.43. The quantitative estimate of drug-likeness (QED) is 0.0199. The molecule has 3 saturated heterocycles. The van der Waals surface area contributed by atoms with Gasteiger partial charge >= 0.3 is 0 Å². The van der Waals surface area contributed by atoms with E-state index in [1.807, 2.05) is 6.08 Å². The van der Waals surface area contributed by atoms with E-state index in [2.05, 4.69) is 116 Å². The third kappa shape index (κ3) is 37.8. The van der Waals surface area contributed by atoms with Gasteiger partial charge in [-0.3, -0.25) is 4.79 Å². The molecule has 17 unspecified atom stereocenters. The second-order valence-electron chi connectivity index (χ2n) is 26.0. The Morgan fingerprint density at radius 2 is 0.729 bits per heavy atom. The number of nitrogens with one attached hydrogen (secondary N) is 1. The monoisotopic (exact) mass is 1360 g/mol. The maximum atomic E-state index is 13.4. The summed E-state index contributed by atoms with van der Waals surface area (Å²) in [6.07, 6.45) is 50.6. The van der Waals surface area contributed by atoms with Gasteiger partial charge in [0.25, 0.3) is 0 Å². The zero-order valence-electron chi connectivity index (χ0n) is 58.6. The van der Waals surface area contributed by atoms with Gasteiger partial charge in [-0.05, 0) is 96.3 Å². The molecule has 0 aromatic carbocycles. The Kier molecular flexibility index (Phi) is 51.6. The zero-order chi connectivity index (χ0) is 69.6. The molecule has 19 heteroatoms. The van der Waals surface area contributed by atoms with Crippen molar-refractivity contribution >= 4 is 5.91 Å². The Morgan fingerprint density at radius 3 is 1.17 bits per heavy atom. The van der Waals surface area contributed by atoms with Crippen LogP contribution in [0.25, 0.3) is 0 Å². The van der Waals surface area contributed by atoms with Crippen LogP contribution in [0.4, 0.5) is 0 Å². The number of hydrogen-bond acceptors (Lipinski definition) is 18. The molecule has 0 spiro atoms. The predicted molar refractivity (Wildman–Crippen MR) is 378 cm³/mol. The van der Waals surface area contributed by atoms with Crippen molar-refractivity contribution in [1.29, 1.82) is 0 Å². The van der Waals surface area contributed by atoms with E-state index in [9.17, 15) is 61.0 Å². The molecule has 0 aliphatic carbocycles. The maximum absolute atomic E-state index is 13.4. The average Bonchev–Trinajstić information content (AvgIpc) is 0.787. The topological polar surface area (TPSA) is 307 Å². The van der Waals surface area contributed by atoms with Gasteiger partial charge in [-0.1, -0.05) is 245 Å². The summed E-state index contributed by atoms with van der Waals surface area (Å²) in [5.41, 5.74) is 0. The molecule has 1 amide bonds. The first-order chi connectivity index (χ1) is 46.8. The maximum Gasteiger partial charge on any atom is 0.220 e. The first kappa shape index (κ1) is 86.7. The molecule has 17 atom stereocenters. The molecule has 3 fully saturated rings. The number of rotatable bonds is 56. The summed E-state index contributed by atoms with van der Waals surface area (Å²) in [6.45, 7) is 1.59. The van der Waals surface area contributed by atoms with E-state index in [0.29, 0.717) is 12.8 Å². The highest BCUT2D eigenvalue weighted by Crippen LogP contribution is 2.33. The van der Waals surface area contributed by atoms with Crippen LogP contribution < -0.4 is 5.32 Å². The molecule has 3 aliphatic rings. The van der Waals surface area contributed by atoms with Crippen LogP contribution in [0.3, 0.4) is 0 Å². The smallest absolute Gasteiger partial charge is 0.220 e. The molecule has 19 nitrogen and oxygen atoms in total. The van der Waals surface area contributed by atoms with E-state index < -0.39 is 124 Å². The fourth-order valence-corrected chi connectivity index (χ4v) is 11.8. The van der Waals surface area contributed by atoms with Crippen molar-refractivity contribution in [2.75, 3.05) is 26.4 Å². The summed E-state index contributed by atoms with van der Waals surface area (Å²) in [7, 11) is 0. The average molecular weight is 1360 g/mol. The van der Waals surface area contributed by atoms with Gasteiger partial charge in [0.1, 0.15) is 73.2 Å². The fourth-order valence-electron chi connectivity index (χ4n) is 11.8. The molecule has 3 aliphatic heterocycles. The van der Waals surface area contributed by atoms with Crippen LogP contribution in [-0.4, -0.2) is 193 Å². The second-order valence-corrected chi connectivity index (χ2v) is 26.0. The molecule has 3 heterocycles. The largest absolute Gasteiger partial charge is 0.394 e. The minimum Gasteiger partial charge on any atom is -0.394 e. The lowest BCUT2D eigenvalue weighted by Crippen LogP contribution is -2.66. The van der Waals surface area contributed by atoms with Crippen molar-refractivity contribution in [3.8, 4) is 0 Å². The molecule has 0 radical (unpaired) electrons. The lowest BCUT2D eigenvalue weighted by atomic mass is 9.96. The van der Waals surface area contributed by atoms with Gasteiger partial charge in [0, 0.05) is 6.42 Å². The van der Waals surface area contributed by atoms with Crippen molar-refractivity contribution < 1.29 is 89.4 Å². The number of hydrogen-bond donors (Lipinski definition) is 12. The van der Waals surface area contributed by atoms with Crippen molar-refractivity contribution in [3.05, 3.63) is 109 Å². The van der Waals surface area contributed by atoms with E-state index in [1.165, 1.54) is 109 Å². The minimum atomic E-state index is -1.99. The van der Waals surface area contributed by atoms with Gasteiger partial charge in [-0.2, -0.15) is 0 Å². The second kappa shape index (κ2) is 57.1. The van der Waals surface area contributed by atoms with Crippen LogP contribution in [0, 0.1) is 0 Å². The van der Waals surface area contributed by atoms with E-state index in [0.717, 1.165) is 96.3 Å². The van der Waals surface area contributed by atoms with E-state index in [-0.39, 0.29) is 18.9 Å². The lowest BCUT2D eigenvalue weighted by Gasteiger charge is -2.48. The fraction of sp³-hybridized carbons (Fsp3) is 0.753. The highest BCUT2D eigenvalue weighted by Gasteiger charge is 2.53. The minimum absolute atomic E-state index is 0.220. The first-order valence-electron chi connectivity index (χ1n) is 37.1. The molecular formula is C77H131NO18. The molecule has 96 heavy (non-hydrogen) atoms. The van der Waals surface area contributed by atoms with Crippen molar-refractivity contribution in [1.82, 2.24) is 5.32 Å². The van der Waals surface area contributed by atoms with Gasteiger partial charge < -0.3 is 89.9 Å². The van der Waals surface area contributed by atoms with Crippen LogP contribution in [0.2, 0.25) is 0 Å². The molecule has 0 bridgehead atoms. The van der Waals surface area contributed by atoms with Crippen molar-refractivity contribution in [3.63, 3.8) is 0 Å². The zero-order valence-corrected chi connectivity index (χ0v) is 58.6. The number of allylic oxidation sites excluding steroid dienone is 17. The third-order valence-corrected chi connectivity index (χ3v) is 17.8. The van der Waals surface area contributed by atoms with Crippen LogP contribution in [-0.2, 0) is 33.2 Å². The summed E-state index contributed by atoms with van der Waals surface area (Å²) in [4.78, 5) is 13.4. The van der Waals surface area contributed by atoms with Crippen LogP contribution in [0.5, 0.6) is 0 Å². The van der Waals surface area contributed by atoms with Crippen LogP contribution in [0.15, 0.2) is 109 Å². The number of ether oxygens (including phenoxy) is 6. The van der Waals surface area contributed by atoms with Gasteiger partial charge in [-0.25, -0.2) is 0 Å². The number of carbonyl (C=O) groups excluding carboxylic acids is 1. The molecule has 552 valence electrons. The van der Waals surface area contributed by atoms with E-state index in [4.69, 9.17) is 28.4 Å². The van der Waals surface area contributed by atoms with Gasteiger partial charge in [-0.15, -0.1) is 0 Å². The molecule has 0 aromatic heterocycles. The number of carbonyl (C=O) groups is 1. The molecule has 12 N–H and O–H groups in total. The molecule has 0 saturated carbocycles. The van der Waals surface area contributed by atoms with Crippen LogP contribution in [0.1, 0.15) is 239 Å². The van der Waals surface area contributed by atoms with Crippen molar-refractivity contribution in [2.45, 2.75) is 343 Å². The molecule has 0 aromatic rings. The van der Waals surface area contributed by atoms with Gasteiger partial charge in [0.15, 0.2) is 18.9 Å². The summed E-state index contributed by atoms with van der Waals surface area (Å²) in [5, 5.41) is 121. The Hall–Kier alpha value is -3.55. The number of aliphatic hydroxyl groups is 11. The van der Waals surface area contributed by atoms with Gasteiger partial charge in [0.05, 0.1) is 38.6 Å². The molecular weight excluding hydrogens is 1230 g/mol. The van der Waals surface area contributed by atoms with Gasteiger partial charge in [0.2, 0.25) is 5.91 Å². The highest BCUT2D eigenvalue weighted by atomic mass is 16.8. The number of amides is 1. The summed E-state index contributed by atoms with van der Waals surface area (Å²) in [5.74, 6) is -0.298. The standard InChI is InChI=1S/C77H131NO18/c1-3-5-7-9-11-13-15-17-19-21-23-25-27-28-29-30-31-32-33-35-37-39-41-43-45-47-49-51-53-55-65(83)78-60(61(82)54-52-50-48-46-44-42-40-38-36-34-26-24-22-20-18-16-14-12-10-8-6-4-2)59-91-75-71(89)68(86)73(63(57-80)93-75)96-77-72(90)69(87)74(64(58-81)94-77)95-76-70(88)67(85)66(84)62(56-79)92-76/h5,7,11,13,17,19,23,25,28-29,31-32,36,38,44,46,52,54,60-64,66-77,79-82,84-90H,3-4,6,8-10,12,14-16,18,20-22,24,26-27,30,33-35,37,39-43,45,47-51,53,55-59H2,1-2H3,(H,78,83)/b7-5-,13-11-,19-17-,25-23-,29-28-,32-31-,38-36+,46-44+,54-52+. The Bertz CT molecular complexity index is 2160. The first-order valence-corrected chi connectivity index (χ1v) is 37.1. The predicted octanol–water partition coefficient (Wildman–Crippen LogP) is 11.0. The normalized spacial score (nSPS) is 27.7. The summed E-state index contributed by atoms with van der Waals surface area (Å²) >= 11 is 0. The SMILES string of the molecule is CC/C=C\C/C=C\C/C=C\C/C=C\C/C=C\C/C=C\CCCCCCCCCCCCC(=O)NC(COC1OC(CO)C(OC2OC(CO)C(OC3OC(CO)C(O)C(O)C3O)C(O)C2O)C(O)C1O)C(O)/C=C/CC/C=C/CC/C=C/CCCCCCCCCCCCCC. The molecule has 3 rings (SSSR count). The van der Waals surface area contributed by atoms with E-state index >= 15 is 0 Å². The highest BCUT2D eigenvalue weighted by molar-refractivity contribution is 5.76. The third-order valence-electron chi connectivity index (χ3n) is 17.8. The Labute approximate surface area is 576 Å². The van der Waals surface area contributed by atoms with Crippen molar-refractivity contribution in [2.24, 2.45) is 0 Å². The van der Waals surface area contributed by atoms with Crippen LogP contribution >= 0.6 is 0 Å². The number of aliphatic hydroxyl groups excluding tert-OH is 11. The van der Waals surface area contributed by atoms with E-state index in [1.54, 1.807) is 6.08 Å². The lowest BCUT2D eigenvalue weighted by molar-refractivity contribution is -0.379. The number of unbranched alkanes of at least 4 members (excludes halogenated alkanes) is 24. The summed E-state index contributed by atoms with van der Waals surface area (Å²) in [6, 6.07) is -1.01. The Morgan fingerprint density at radius 1 is 0.385 bits per heavy atom. The summed E-state index contributed by atoms with van der Waals surface area (Å²) < 4.78 is 34.4.